The van der Waals surface area contributed by atoms with Crippen LogP contribution >= 0.6 is 11.6 Å². The molecule has 3 heterocycles. The summed E-state index contributed by atoms with van der Waals surface area (Å²) in [6.45, 7) is 3.66. The number of benzene rings is 1. The van der Waals surface area contributed by atoms with E-state index in [2.05, 4.69) is 14.9 Å². The predicted octanol–water partition coefficient (Wildman–Crippen LogP) is 2.97. The van der Waals surface area contributed by atoms with E-state index < -0.39 is 0 Å². The van der Waals surface area contributed by atoms with Crippen LogP contribution in [0.25, 0.3) is 0 Å². The van der Waals surface area contributed by atoms with Crippen molar-refractivity contribution < 1.29 is 14.2 Å². The molecule has 0 atom stereocenters. The van der Waals surface area contributed by atoms with Crippen molar-refractivity contribution in [2.45, 2.75) is 32.1 Å². The standard InChI is InChI=1S/C17H20ClN3O3/c18-15-6-17-16(23-11-24-17)5-12(15)8-21-3-1-14(2-4-21)22-9-13-7-19-10-20-13/h5-7,10,14H,1-4,8-9,11H2,(H,19,20). The lowest BCUT2D eigenvalue weighted by atomic mass is 10.1. The first-order valence-electron chi connectivity index (χ1n) is 8.17. The van der Waals surface area contributed by atoms with Crippen LogP contribution in [0, 0.1) is 0 Å². The summed E-state index contributed by atoms with van der Waals surface area (Å²) in [5.41, 5.74) is 2.03. The number of nitrogens with zero attached hydrogens (tertiary/aromatic N) is 2. The number of piperidine rings is 1. The molecule has 1 aromatic carbocycles. The molecule has 1 N–H and O–H groups in total. The van der Waals surface area contributed by atoms with Crippen molar-refractivity contribution in [3.8, 4) is 11.5 Å². The van der Waals surface area contributed by atoms with E-state index in [0.29, 0.717) is 12.7 Å². The van der Waals surface area contributed by atoms with E-state index in [4.69, 9.17) is 25.8 Å². The molecule has 0 bridgehead atoms. The van der Waals surface area contributed by atoms with E-state index in [1.54, 1.807) is 6.33 Å². The van der Waals surface area contributed by atoms with E-state index in [-0.39, 0.29) is 6.79 Å². The summed E-state index contributed by atoms with van der Waals surface area (Å²) in [5.74, 6) is 1.51. The van der Waals surface area contributed by atoms with E-state index in [1.807, 2.05) is 18.3 Å². The molecule has 0 saturated carbocycles. The molecule has 4 rings (SSSR count). The van der Waals surface area contributed by atoms with Gasteiger partial charge in [-0.2, -0.15) is 0 Å². The van der Waals surface area contributed by atoms with Gasteiger partial charge in [0, 0.05) is 36.9 Å². The Labute approximate surface area is 145 Å². The Hall–Kier alpha value is -1.76. The number of fused-ring (bicyclic) bond motifs is 1. The third-order valence-corrected chi connectivity index (χ3v) is 4.84. The summed E-state index contributed by atoms with van der Waals surface area (Å²) in [5, 5.41) is 0.733. The maximum atomic E-state index is 6.37. The smallest absolute Gasteiger partial charge is 0.231 e. The van der Waals surface area contributed by atoms with Crippen molar-refractivity contribution in [1.29, 1.82) is 0 Å². The minimum atomic E-state index is 0.272. The highest BCUT2D eigenvalue weighted by Crippen LogP contribution is 2.37. The zero-order chi connectivity index (χ0) is 16.4. The van der Waals surface area contributed by atoms with Crippen molar-refractivity contribution >= 4 is 11.6 Å². The molecule has 6 nitrogen and oxygen atoms in total. The Morgan fingerprint density at radius 1 is 1.25 bits per heavy atom. The van der Waals surface area contributed by atoms with Crippen molar-refractivity contribution in [3.05, 3.63) is 40.9 Å². The monoisotopic (exact) mass is 349 g/mol. The van der Waals surface area contributed by atoms with E-state index >= 15 is 0 Å². The topological polar surface area (TPSA) is 59.6 Å². The van der Waals surface area contributed by atoms with E-state index in [1.165, 1.54) is 0 Å². The molecule has 0 aliphatic carbocycles. The van der Waals surface area contributed by atoms with Gasteiger partial charge in [-0.25, -0.2) is 4.98 Å². The molecule has 0 unspecified atom stereocenters. The average molecular weight is 350 g/mol. The molecule has 2 aromatic rings. The maximum absolute atomic E-state index is 6.37. The summed E-state index contributed by atoms with van der Waals surface area (Å²) in [6.07, 6.45) is 5.89. The summed E-state index contributed by atoms with van der Waals surface area (Å²) < 4.78 is 16.7. The lowest BCUT2D eigenvalue weighted by Gasteiger charge is -2.32. The molecule has 0 amide bonds. The normalized spacial score (nSPS) is 18.2. The molecule has 2 aliphatic rings. The molecule has 0 radical (unpaired) electrons. The van der Waals surface area contributed by atoms with Gasteiger partial charge in [0.05, 0.1) is 24.7 Å². The third-order valence-electron chi connectivity index (χ3n) is 4.49. The first kappa shape index (κ1) is 15.7. The molecule has 24 heavy (non-hydrogen) atoms. The quantitative estimate of drug-likeness (QED) is 0.899. The van der Waals surface area contributed by atoms with Gasteiger partial charge in [-0.1, -0.05) is 11.6 Å². The van der Waals surface area contributed by atoms with Gasteiger partial charge in [-0.3, -0.25) is 4.90 Å². The largest absolute Gasteiger partial charge is 0.454 e. The lowest BCUT2D eigenvalue weighted by molar-refractivity contribution is -0.00511. The van der Waals surface area contributed by atoms with Crippen LogP contribution in [-0.2, 0) is 17.9 Å². The van der Waals surface area contributed by atoms with Gasteiger partial charge in [-0.15, -0.1) is 0 Å². The minimum absolute atomic E-state index is 0.272. The number of aromatic nitrogens is 2. The zero-order valence-corrected chi connectivity index (χ0v) is 14.1. The van der Waals surface area contributed by atoms with Crippen LogP contribution in [0.4, 0.5) is 0 Å². The molecule has 7 heteroatoms. The van der Waals surface area contributed by atoms with E-state index in [0.717, 1.165) is 60.3 Å². The second-order valence-corrected chi connectivity index (χ2v) is 6.55. The highest BCUT2D eigenvalue weighted by molar-refractivity contribution is 6.31. The van der Waals surface area contributed by atoms with Crippen LogP contribution in [0.1, 0.15) is 24.1 Å². The number of ether oxygens (including phenoxy) is 3. The Bertz CT molecular complexity index is 685. The number of imidazole rings is 1. The number of likely N-dealkylation sites (tertiary alicyclic amines) is 1. The third kappa shape index (κ3) is 3.50. The highest BCUT2D eigenvalue weighted by atomic mass is 35.5. The maximum Gasteiger partial charge on any atom is 0.231 e. The van der Waals surface area contributed by atoms with Crippen molar-refractivity contribution in [2.75, 3.05) is 19.9 Å². The first-order valence-corrected chi connectivity index (χ1v) is 8.55. The predicted molar refractivity (Wildman–Crippen MR) is 89.3 cm³/mol. The SMILES string of the molecule is Clc1cc2c(cc1CN1CCC(OCc3c[nH]cn3)CC1)OCO2. The Morgan fingerprint density at radius 2 is 2.04 bits per heavy atom. The van der Waals surface area contributed by atoms with Crippen molar-refractivity contribution in [1.82, 2.24) is 14.9 Å². The van der Waals surface area contributed by atoms with Gasteiger partial charge < -0.3 is 19.2 Å². The number of hydrogen-bond acceptors (Lipinski definition) is 5. The van der Waals surface area contributed by atoms with Crippen LogP contribution in [0.5, 0.6) is 11.5 Å². The second-order valence-electron chi connectivity index (χ2n) is 6.14. The molecule has 1 fully saturated rings. The molecule has 1 saturated heterocycles. The summed E-state index contributed by atoms with van der Waals surface area (Å²) >= 11 is 6.37. The fourth-order valence-electron chi connectivity index (χ4n) is 3.13. The van der Waals surface area contributed by atoms with Crippen LogP contribution in [0.3, 0.4) is 0 Å². The Kier molecular flexibility index (Phi) is 4.60. The Morgan fingerprint density at radius 3 is 2.79 bits per heavy atom. The minimum Gasteiger partial charge on any atom is -0.454 e. The molecule has 0 spiro atoms. The molecular weight excluding hydrogens is 330 g/mol. The number of H-pyrrole nitrogens is 1. The molecular formula is C17H20ClN3O3. The molecule has 128 valence electrons. The van der Waals surface area contributed by atoms with E-state index in [9.17, 15) is 0 Å². The van der Waals surface area contributed by atoms with Gasteiger partial charge in [-0.05, 0) is 24.5 Å². The number of aromatic amines is 1. The van der Waals surface area contributed by atoms with Crippen LogP contribution in [0.2, 0.25) is 5.02 Å². The molecule has 2 aliphatic heterocycles. The second kappa shape index (κ2) is 7.01. The highest BCUT2D eigenvalue weighted by Gasteiger charge is 2.22. The number of rotatable bonds is 5. The van der Waals surface area contributed by atoms with Crippen molar-refractivity contribution in [3.63, 3.8) is 0 Å². The number of hydrogen-bond donors (Lipinski definition) is 1. The van der Waals surface area contributed by atoms with Crippen LogP contribution < -0.4 is 9.47 Å². The van der Waals surface area contributed by atoms with Crippen LogP contribution in [0.15, 0.2) is 24.7 Å². The number of nitrogens with one attached hydrogen (secondary N) is 1. The molecule has 1 aromatic heterocycles. The Balaban J connectivity index is 1.29. The summed E-state index contributed by atoms with van der Waals surface area (Å²) in [7, 11) is 0. The van der Waals surface area contributed by atoms with Crippen molar-refractivity contribution in [2.24, 2.45) is 0 Å². The van der Waals surface area contributed by atoms with Gasteiger partial charge in [0.1, 0.15) is 0 Å². The zero-order valence-electron chi connectivity index (χ0n) is 13.3. The van der Waals surface area contributed by atoms with Gasteiger partial charge in [0.25, 0.3) is 0 Å². The van der Waals surface area contributed by atoms with Gasteiger partial charge >= 0.3 is 0 Å². The first-order chi connectivity index (χ1) is 11.8. The fourth-order valence-corrected chi connectivity index (χ4v) is 3.34. The van der Waals surface area contributed by atoms with Gasteiger partial charge in [0.2, 0.25) is 6.79 Å². The lowest BCUT2D eigenvalue weighted by Crippen LogP contribution is -2.36. The average Bonchev–Trinajstić information content (AvgIpc) is 3.26. The fraction of sp³-hybridized carbons (Fsp3) is 0.471. The van der Waals surface area contributed by atoms with Crippen LogP contribution in [-0.4, -0.2) is 40.9 Å². The van der Waals surface area contributed by atoms with Gasteiger partial charge in [0.15, 0.2) is 11.5 Å². The number of halogens is 1. The summed E-state index contributed by atoms with van der Waals surface area (Å²) in [6, 6.07) is 3.84. The summed E-state index contributed by atoms with van der Waals surface area (Å²) in [4.78, 5) is 9.53.